The number of benzene rings is 1. The summed E-state index contributed by atoms with van der Waals surface area (Å²) >= 11 is 0. The number of hydrogen-bond acceptors (Lipinski definition) is 4. The summed E-state index contributed by atoms with van der Waals surface area (Å²) in [6.07, 6.45) is 4.80. The Kier molecular flexibility index (Phi) is 3.93. The lowest BCUT2D eigenvalue weighted by molar-refractivity contribution is 0.373. The summed E-state index contributed by atoms with van der Waals surface area (Å²) in [6, 6.07) is 7.60. The van der Waals surface area contributed by atoms with Crippen LogP contribution in [-0.4, -0.2) is 26.5 Å². The Balaban J connectivity index is 2.04. The van der Waals surface area contributed by atoms with Gasteiger partial charge in [-0.15, -0.1) is 0 Å². The Morgan fingerprint density at radius 3 is 2.67 bits per heavy atom. The molecule has 21 heavy (non-hydrogen) atoms. The van der Waals surface area contributed by atoms with E-state index in [-0.39, 0.29) is 5.03 Å². The van der Waals surface area contributed by atoms with E-state index >= 15 is 0 Å². The molecule has 2 heterocycles. The molecule has 0 saturated carbocycles. The van der Waals surface area contributed by atoms with Crippen LogP contribution in [0, 0.1) is 5.92 Å². The maximum atomic E-state index is 11.7. The summed E-state index contributed by atoms with van der Waals surface area (Å²) < 4.78 is 23.3. The molecule has 1 saturated heterocycles. The Hall–Kier alpha value is -1.50. The van der Waals surface area contributed by atoms with E-state index in [2.05, 4.69) is 16.4 Å². The van der Waals surface area contributed by atoms with Crippen molar-refractivity contribution in [1.29, 1.82) is 0 Å². The van der Waals surface area contributed by atoms with Gasteiger partial charge in [0.25, 0.3) is 10.0 Å². The minimum Gasteiger partial charge on any atom is -0.317 e. The highest BCUT2D eigenvalue weighted by Gasteiger charge is 2.18. The van der Waals surface area contributed by atoms with Crippen LogP contribution in [0.4, 0.5) is 0 Å². The van der Waals surface area contributed by atoms with Gasteiger partial charge in [-0.1, -0.05) is 18.2 Å². The molecule has 0 atom stereocenters. The van der Waals surface area contributed by atoms with Gasteiger partial charge >= 0.3 is 0 Å². The molecule has 0 amide bonds. The van der Waals surface area contributed by atoms with Gasteiger partial charge in [0, 0.05) is 11.6 Å². The van der Waals surface area contributed by atoms with E-state index < -0.39 is 10.0 Å². The first-order chi connectivity index (χ1) is 10.1. The number of nitrogens with two attached hydrogens (primary N) is 1. The SMILES string of the molecule is NS(=O)(=O)c1nccc2c(CC3CCNCC3)cccc12. The van der Waals surface area contributed by atoms with Crippen molar-refractivity contribution in [1.82, 2.24) is 10.3 Å². The predicted molar refractivity (Wildman–Crippen MR) is 82.4 cm³/mol. The Labute approximate surface area is 124 Å². The van der Waals surface area contributed by atoms with Crippen LogP contribution in [0.1, 0.15) is 18.4 Å². The fourth-order valence-corrected chi connectivity index (χ4v) is 3.74. The molecule has 112 valence electrons. The maximum absolute atomic E-state index is 11.7. The number of fused-ring (bicyclic) bond motifs is 1. The molecule has 0 radical (unpaired) electrons. The highest BCUT2D eigenvalue weighted by atomic mass is 32.2. The average molecular weight is 305 g/mol. The molecule has 5 nitrogen and oxygen atoms in total. The molecular weight excluding hydrogens is 286 g/mol. The minimum absolute atomic E-state index is 0.0350. The molecule has 1 aromatic carbocycles. The Bertz CT molecular complexity index is 753. The van der Waals surface area contributed by atoms with E-state index in [1.54, 1.807) is 6.07 Å². The van der Waals surface area contributed by atoms with Gasteiger partial charge in [0.2, 0.25) is 0 Å². The first-order valence-electron chi connectivity index (χ1n) is 7.16. The van der Waals surface area contributed by atoms with Gasteiger partial charge in [-0.25, -0.2) is 18.5 Å². The fourth-order valence-electron chi connectivity index (χ4n) is 3.05. The minimum atomic E-state index is -3.80. The summed E-state index contributed by atoms with van der Waals surface area (Å²) in [5.74, 6) is 0.642. The first kappa shape index (κ1) is 14.4. The van der Waals surface area contributed by atoms with E-state index in [1.807, 2.05) is 12.1 Å². The van der Waals surface area contributed by atoms with Gasteiger partial charge < -0.3 is 5.32 Å². The smallest absolute Gasteiger partial charge is 0.256 e. The van der Waals surface area contributed by atoms with Crippen molar-refractivity contribution >= 4 is 20.8 Å². The van der Waals surface area contributed by atoms with Gasteiger partial charge in [-0.3, -0.25) is 0 Å². The average Bonchev–Trinajstić information content (AvgIpc) is 2.47. The topological polar surface area (TPSA) is 85.1 Å². The molecular formula is C15H19N3O2S. The van der Waals surface area contributed by atoms with Crippen molar-refractivity contribution in [2.75, 3.05) is 13.1 Å². The number of hydrogen-bond donors (Lipinski definition) is 2. The summed E-state index contributed by atoms with van der Waals surface area (Å²) in [5, 5.41) is 10.1. The molecule has 0 bridgehead atoms. The van der Waals surface area contributed by atoms with E-state index in [0.29, 0.717) is 11.3 Å². The van der Waals surface area contributed by atoms with Crippen molar-refractivity contribution < 1.29 is 8.42 Å². The normalized spacial score (nSPS) is 17.2. The second-order valence-corrected chi connectivity index (χ2v) is 7.05. The summed E-state index contributed by atoms with van der Waals surface area (Å²) in [6.45, 7) is 2.11. The molecule has 1 fully saturated rings. The van der Waals surface area contributed by atoms with Crippen molar-refractivity contribution in [3.63, 3.8) is 0 Å². The standard InChI is InChI=1S/C15H19N3O2S/c16-21(19,20)15-14-3-1-2-12(13(14)6-9-18-15)10-11-4-7-17-8-5-11/h1-3,6,9,11,17H,4-5,7-8,10H2,(H2,16,19,20). The zero-order valence-corrected chi connectivity index (χ0v) is 12.6. The predicted octanol–water partition coefficient (Wildman–Crippen LogP) is 1.42. The van der Waals surface area contributed by atoms with Gasteiger partial charge in [-0.05, 0) is 55.3 Å². The van der Waals surface area contributed by atoms with Gasteiger partial charge in [0.1, 0.15) is 0 Å². The number of aromatic nitrogens is 1. The second-order valence-electron chi connectivity index (χ2n) is 5.57. The van der Waals surface area contributed by atoms with Gasteiger partial charge in [0.05, 0.1) is 0 Å². The van der Waals surface area contributed by atoms with E-state index in [4.69, 9.17) is 5.14 Å². The lowest BCUT2D eigenvalue weighted by Crippen LogP contribution is -2.28. The van der Waals surface area contributed by atoms with Crippen LogP contribution in [0.3, 0.4) is 0 Å². The molecule has 3 N–H and O–H groups in total. The molecule has 3 rings (SSSR count). The van der Waals surface area contributed by atoms with E-state index in [0.717, 1.165) is 37.7 Å². The third-order valence-corrected chi connectivity index (χ3v) is 4.96. The fraction of sp³-hybridized carbons (Fsp3) is 0.400. The number of nitrogens with one attached hydrogen (secondary N) is 1. The van der Waals surface area contributed by atoms with Crippen LogP contribution in [0.25, 0.3) is 10.8 Å². The molecule has 0 aliphatic carbocycles. The van der Waals surface area contributed by atoms with Crippen molar-refractivity contribution in [3.8, 4) is 0 Å². The molecule has 1 aliphatic heterocycles. The third kappa shape index (κ3) is 3.07. The van der Waals surface area contributed by atoms with Crippen LogP contribution < -0.4 is 10.5 Å². The summed E-state index contributed by atoms with van der Waals surface area (Å²) in [5.41, 5.74) is 1.17. The zero-order chi connectivity index (χ0) is 14.9. The number of nitrogens with zero attached hydrogens (tertiary/aromatic N) is 1. The van der Waals surface area contributed by atoms with E-state index in [1.165, 1.54) is 11.8 Å². The lowest BCUT2D eigenvalue weighted by atomic mass is 9.89. The molecule has 1 aromatic heterocycles. The number of rotatable bonds is 3. The van der Waals surface area contributed by atoms with Crippen molar-refractivity contribution in [3.05, 3.63) is 36.0 Å². The Morgan fingerprint density at radius 2 is 1.95 bits per heavy atom. The van der Waals surface area contributed by atoms with Crippen LogP contribution in [0.15, 0.2) is 35.5 Å². The summed E-state index contributed by atoms with van der Waals surface area (Å²) in [7, 11) is -3.80. The van der Waals surface area contributed by atoms with E-state index in [9.17, 15) is 8.42 Å². The molecule has 1 aliphatic rings. The number of pyridine rings is 1. The quantitative estimate of drug-likeness (QED) is 0.898. The van der Waals surface area contributed by atoms with Gasteiger partial charge in [0.15, 0.2) is 5.03 Å². The maximum Gasteiger partial charge on any atom is 0.256 e. The van der Waals surface area contributed by atoms with Gasteiger partial charge in [-0.2, -0.15) is 0 Å². The Morgan fingerprint density at radius 1 is 1.19 bits per heavy atom. The largest absolute Gasteiger partial charge is 0.317 e. The second kappa shape index (κ2) is 5.71. The molecule has 0 spiro atoms. The zero-order valence-electron chi connectivity index (χ0n) is 11.7. The third-order valence-electron chi connectivity index (χ3n) is 4.10. The summed E-state index contributed by atoms with van der Waals surface area (Å²) in [4.78, 5) is 3.94. The molecule has 6 heteroatoms. The highest BCUT2D eigenvalue weighted by Crippen LogP contribution is 2.27. The number of primary sulfonamides is 1. The van der Waals surface area contributed by atoms with Crippen LogP contribution in [0.2, 0.25) is 0 Å². The van der Waals surface area contributed by atoms with Crippen molar-refractivity contribution in [2.45, 2.75) is 24.3 Å². The van der Waals surface area contributed by atoms with Crippen LogP contribution >= 0.6 is 0 Å². The van der Waals surface area contributed by atoms with Crippen LogP contribution in [0.5, 0.6) is 0 Å². The number of sulfonamides is 1. The molecule has 2 aromatic rings. The highest BCUT2D eigenvalue weighted by molar-refractivity contribution is 7.89. The lowest BCUT2D eigenvalue weighted by Gasteiger charge is -2.23. The molecule has 0 unspecified atom stereocenters. The van der Waals surface area contributed by atoms with Crippen LogP contribution in [-0.2, 0) is 16.4 Å². The monoisotopic (exact) mass is 305 g/mol. The number of piperidine rings is 1. The van der Waals surface area contributed by atoms with Crippen molar-refractivity contribution in [2.24, 2.45) is 11.1 Å². The first-order valence-corrected chi connectivity index (χ1v) is 8.70.